The van der Waals surface area contributed by atoms with Crippen molar-refractivity contribution >= 4 is 33.8 Å². The molecule has 2 aliphatic heterocycles. The van der Waals surface area contributed by atoms with Crippen molar-refractivity contribution < 1.29 is 14.3 Å². The summed E-state index contributed by atoms with van der Waals surface area (Å²) in [5.41, 5.74) is 2.49. The Morgan fingerprint density at radius 2 is 1.95 bits per heavy atom. The Bertz CT molecular complexity index is 803. The maximum absolute atomic E-state index is 12.4. The summed E-state index contributed by atoms with van der Waals surface area (Å²) in [5, 5.41) is 7.69. The lowest BCUT2D eigenvalue weighted by Crippen LogP contribution is -2.38. The van der Waals surface area contributed by atoms with Gasteiger partial charge < -0.3 is 20.1 Å². The number of amides is 1. The van der Waals surface area contributed by atoms with Gasteiger partial charge in [-0.3, -0.25) is 4.79 Å². The van der Waals surface area contributed by atoms with Crippen LogP contribution in [0.15, 0.2) is 12.1 Å². The first-order valence-electron chi connectivity index (χ1n) is 6.81. The van der Waals surface area contributed by atoms with Gasteiger partial charge in [0, 0.05) is 16.5 Å². The molecule has 1 amide bonds. The second-order valence-electron chi connectivity index (χ2n) is 5.27. The van der Waals surface area contributed by atoms with Crippen molar-refractivity contribution in [2.45, 2.75) is 20.0 Å². The number of nitrogens with one attached hydrogen (secondary N) is 2. The molecule has 0 aliphatic carbocycles. The first-order valence-corrected chi connectivity index (χ1v) is 8.00. The summed E-state index contributed by atoms with van der Waals surface area (Å²) < 4.78 is 10.7. The van der Waals surface area contributed by atoms with E-state index >= 15 is 0 Å². The number of aryl methyl sites for hydroxylation is 1. The van der Waals surface area contributed by atoms with Gasteiger partial charge in [0.25, 0.3) is 5.91 Å². The number of carbonyl (C=O) groups is 1. The number of anilines is 1. The van der Waals surface area contributed by atoms with Crippen molar-refractivity contribution in [2.24, 2.45) is 0 Å². The molecule has 3 heterocycles. The van der Waals surface area contributed by atoms with Crippen LogP contribution in [-0.4, -0.2) is 12.7 Å². The molecular formula is C15H13ClN2O3S. The highest BCUT2D eigenvalue weighted by atomic mass is 35.5. The third kappa shape index (κ3) is 1.94. The largest absolute Gasteiger partial charge is 0.454 e. The van der Waals surface area contributed by atoms with Crippen LogP contribution >= 0.6 is 22.9 Å². The van der Waals surface area contributed by atoms with E-state index in [0.29, 0.717) is 16.5 Å². The second kappa shape index (κ2) is 4.79. The first-order chi connectivity index (χ1) is 10.5. The molecule has 1 atom stereocenters. The first kappa shape index (κ1) is 13.7. The highest BCUT2D eigenvalue weighted by molar-refractivity contribution is 7.16. The van der Waals surface area contributed by atoms with Gasteiger partial charge in [-0.1, -0.05) is 11.6 Å². The fraction of sp³-hybridized carbons (Fsp3) is 0.267. The van der Waals surface area contributed by atoms with Gasteiger partial charge >= 0.3 is 0 Å². The van der Waals surface area contributed by atoms with Crippen LogP contribution in [0.5, 0.6) is 11.5 Å². The Kier molecular flexibility index (Phi) is 2.99. The van der Waals surface area contributed by atoms with E-state index in [1.54, 1.807) is 23.5 Å². The molecular weight excluding hydrogens is 324 g/mol. The van der Waals surface area contributed by atoms with E-state index in [-0.39, 0.29) is 18.9 Å². The fourth-order valence-corrected chi connectivity index (χ4v) is 4.03. The molecule has 0 spiro atoms. The molecule has 1 aromatic carbocycles. The minimum absolute atomic E-state index is 0.0886. The molecule has 5 nitrogen and oxygen atoms in total. The number of rotatable bonds is 1. The Morgan fingerprint density at radius 3 is 2.73 bits per heavy atom. The fourth-order valence-electron chi connectivity index (χ4n) is 2.68. The normalized spacial score (nSPS) is 18.7. The highest BCUT2D eigenvalue weighted by Crippen LogP contribution is 2.42. The zero-order chi connectivity index (χ0) is 15.4. The van der Waals surface area contributed by atoms with Crippen molar-refractivity contribution in [3.63, 3.8) is 0 Å². The Balaban J connectivity index is 1.75. The summed E-state index contributed by atoms with van der Waals surface area (Å²) in [5.74, 6) is 1.17. The number of halogens is 1. The number of hydrogen-bond acceptors (Lipinski definition) is 5. The maximum atomic E-state index is 12.4. The summed E-state index contributed by atoms with van der Waals surface area (Å²) in [6, 6.07) is 3.52. The molecule has 0 fully saturated rings. The maximum Gasteiger partial charge on any atom is 0.256 e. The summed E-state index contributed by atoms with van der Waals surface area (Å²) in [7, 11) is 0. The van der Waals surface area contributed by atoms with E-state index in [1.165, 1.54) is 0 Å². The highest BCUT2D eigenvalue weighted by Gasteiger charge is 2.31. The number of ether oxygens (including phenoxy) is 2. The van der Waals surface area contributed by atoms with Crippen LogP contribution in [0.3, 0.4) is 0 Å². The van der Waals surface area contributed by atoms with E-state index in [0.717, 1.165) is 26.6 Å². The van der Waals surface area contributed by atoms with Crippen LogP contribution in [0.2, 0.25) is 5.02 Å². The standard InChI is InChI=1S/C15H13ClN2O3S/c1-6-7(2)22-15-12(6)14(19)17-13(18-15)8-3-10-11(4-9(8)16)21-5-20-10/h3-4,13,18H,5H2,1-2H3,(H,17,19). The molecule has 0 radical (unpaired) electrons. The summed E-state index contributed by atoms with van der Waals surface area (Å²) in [4.78, 5) is 13.5. The van der Waals surface area contributed by atoms with Gasteiger partial charge in [-0.05, 0) is 25.5 Å². The Hall–Kier alpha value is -1.92. The zero-order valence-corrected chi connectivity index (χ0v) is 13.5. The van der Waals surface area contributed by atoms with Gasteiger partial charge in [0.2, 0.25) is 6.79 Å². The van der Waals surface area contributed by atoms with Crippen LogP contribution in [-0.2, 0) is 0 Å². The molecule has 0 saturated heterocycles. The summed E-state index contributed by atoms with van der Waals surface area (Å²) in [6.07, 6.45) is -0.389. The SMILES string of the molecule is Cc1sc2c(c1C)C(=O)NC(c1cc3c(cc1Cl)OCO3)N2. The van der Waals surface area contributed by atoms with Gasteiger partial charge in [-0.15, -0.1) is 11.3 Å². The third-order valence-corrected chi connectivity index (χ3v) is 5.43. The van der Waals surface area contributed by atoms with E-state index in [9.17, 15) is 4.79 Å². The Morgan fingerprint density at radius 1 is 1.23 bits per heavy atom. The summed E-state index contributed by atoms with van der Waals surface area (Å²) >= 11 is 7.91. The van der Waals surface area contributed by atoms with Crippen molar-refractivity contribution in [3.05, 3.63) is 38.7 Å². The van der Waals surface area contributed by atoms with Crippen LogP contribution in [0.25, 0.3) is 0 Å². The van der Waals surface area contributed by atoms with Gasteiger partial charge in [-0.25, -0.2) is 0 Å². The quantitative estimate of drug-likeness (QED) is 0.835. The molecule has 1 unspecified atom stereocenters. The molecule has 0 bridgehead atoms. The van der Waals surface area contributed by atoms with Crippen molar-refractivity contribution in [1.29, 1.82) is 0 Å². The minimum atomic E-state index is -0.389. The van der Waals surface area contributed by atoms with Crippen molar-refractivity contribution in [2.75, 3.05) is 12.1 Å². The summed E-state index contributed by atoms with van der Waals surface area (Å²) in [6.45, 7) is 4.16. The van der Waals surface area contributed by atoms with E-state index in [1.807, 2.05) is 13.8 Å². The number of thiophene rings is 1. The molecule has 114 valence electrons. The smallest absolute Gasteiger partial charge is 0.256 e. The number of benzene rings is 1. The van der Waals surface area contributed by atoms with Crippen molar-refractivity contribution in [3.8, 4) is 11.5 Å². The molecule has 0 saturated carbocycles. The van der Waals surface area contributed by atoms with Gasteiger partial charge in [0.05, 0.1) is 10.6 Å². The number of carbonyl (C=O) groups excluding carboxylic acids is 1. The van der Waals surface area contributed by atoms with Gasteiger partial charge in [-0.2, -0.15) is 0 Å². The van der Waals surface area contributed by atoms with Crippen LogP contribution in [0.4, 0.5) is 5.00 Å². The molecule has 2 N–H and O–H groups in total. The monoisotopic (exact) mass is 336 g/mol. The molecule has 7 heteroatoms. The lowest BCUT2D eigenvalue weighted by molar-refractivity contribution is 0.0935. The molecule has 2 aliphatic rings. The zero-order valence-electron chi connectivity index (χ0n) is 12.0. The molecule has 22 heavy (non-hydrogen) atoms. The van der Waals surface area contributed by atoms with Crippen LogP contribution in [0.1, 0.15) is 32.5 Å². The van der Waals surface area contributed by atoms with E-state index in [4.69, 9.17) is 21.1 Å². The van der Waals surface area contributed by atoms with Gasteiger partial charge in [0.1, 0.15) is 11.2 Å². The average Bonchev–Trinajstić information content (AvgIpc) is 3.02. The number of hydrogen-bond donors (Lipinski definition) is 2. The topological polar surface area (TPSA) is 59.6 Å². The van der Waals surface area contributed by atoms with E-state index in [2.05, 4.69) is 10.6 Å². The molecule has 1 aromatic heterocycles. The third-order valence-electron chi connectivity index (χ3n) is 3.97. The van der Waals surface area contributed by atoms with Gasteiger partial charge in [0.15, 0.2) is 11.5 Å². The number of fused-ring (bicyclic) bond motifs is 2. The lowest BCUT2D eigenvalue weighted by atomic mass is 10.1. The molecule has 2 aromatic rings. The Labute approximate surface area is 136 Å². The van der Waals surface area contributed by atoms with Crippen LogP contribution < -0.4 is 20.1 Å². The lowest BCUT2D eigenvalue weighted by Gasteiger charge is -2.27. The van der Waals surface area contributed by atoms with Crippen molar-refractivity contribution in [1.82, 2.24) is 5.32 Å². The van der Waals surface area contributed by atoms with E-state index < -0.39 is 0 Å². The predicted octanol–water partition coefficient (Wildman–Crippen LogP) is 3.60. The second-order valence-corrected chi connectivity index (χ2v) is 6.90. The molecule has 4 rings (SSSR count). The average molecular weight is 337 g/mol. The minimum Gasteiger partial charge on any atom is -0.454 e. The predicted molar refractivity (Wildman–Crippen MR) is 85.2 cm³/mol. The van der Waals surface area contributed by atoms with Crippen LogP contribution in [0, 0.1) is 13.8 Å².